The normalized spacial score (nSPS) is 14.4. The van der Waals surface area contributed by atoms with Gasteiger partial charge in [-0.2, -0.15) is 0 Å². The predicted octanol–water partition coefficient (Wildman–Crippen LogP) is 1.45. The summed E-state index contributed by atoms with van der Waals surface area (Å²) in [6.45, 7) is 8.84. The van der Waals surface area contributed by atoms with Gasteiger partial charge in [0.25, 0.3) is 0 Å². The van der Waals surface area contributed by atoms with Crippen LogP contribution in [0.5, 0.6) is 0 Å². The van der Waals surface area contributed by atoms with E-state index in [1.54, 1.807) is 30.2 Å². The summed E-state index contributed by atoms with van der Waals surface area (Å²) >= 11 is 0. The molecule has 1 amide bonds. The van der Waals surface area contributed by atoms with Crippen LogP contribution in [-0.4, -0.2) is 46.2 Å². The predicted molar refractivity (Wildman–Crippen MR) is 88.9 cm³/mol. The van der Waals surface area contributed by atoms with Gasteiger partial charge in [-0.3, -0.25) is 19.4 Å². The Morgan fingerprint density at radius 3 is 2.33 bits per heavy atom. The van der Waals surface area contributed by atoms with Crippen LogP contribution in [0.1, 0.15) is 46.1 Å². The fraction of sp³-hybridized carbons (Fsp3) is 0.529. The summed E-state index contributed by atoms with van der Waals surface area (Å²) in [6.07, 6.45) is 3.12. The largest absolute Gasteiger partial charge is 0.370 e. The van der Waals surface area contributed by atoms with Crippen molar-refractivity contribution in [2.75, 3.05) is 13.1 Å². The SMILES string of the molecule is CCN(CC)C(=O)C(C)(NOC(C)=O)C(C(C)=O)c1cccnc1. The summed E-state index contributed by atoms with van der Waals surface area (Å²) < 4.78 is 0. The molecule has 1 aromatic rings. The molecule has 0 radical (unpaired) electrons. The maximum absolute atomic E-state index is 13.1. The van der Waals surface area contributed by atoms with Gasteiger partial charge in [0, 0.05) is 32.4 Å². The quantitative estimate of drug-likeness (QED) is 0.723. The molecule has 0 bridgehead atoms. The zero-order chi connectivity index (χ0) is 18.3. The third-order valence-corrected chi connectivity index (χ3v) is 3.90. The van der Waals surface area contributed by atoms with Gasteiger partial charge in [-0.05, 0) is 39.3 Å². The average molecular weight is 335 g/mol. The number of carbonyl (C=O) groups excluding carboxylic acids is 3. The van der Waals surface area contributed by atoms with Gasteiger partial charge >= 0.3 is 5.97 Å². The number of pyridine rings is 1. The zero-order valence-corrected chi connectivity index (χ0v) is 14.8. The van der Waals surface area contributed by atoms with Gasteiger partial charge in [0.2, 0.25) is 5.91 Å². The Balaban J connectivity index is 3.39. The van der Waals surface area contributed by atoms with E-state index in [-0.39, 0.29) is 11.7 Å². The number of rotatable bonds is 8. The molecule has 1 N–H and O–H groups in total. The standard InChI is InChI=1S/C17H25N3O4/c1-6-20(7-2)16(23)17(5,19-24-13(4)22)15(12(3)21)14-9-8-10-18-11-14/h8-11,15,19H,6-7H2,1-5H3. The van der Waals surface area contributed by atoms with E-state index in [1.165, 1.54) is 20.0 Å². The maximum Gasteiger partial charge on any atom is 0.321 e. The second-order valence-corrected chi connectivity index (χ2v) is 5.71. The molecule has 1 heterocycles. The fourth-order valence-electron chi connectivity index (χ4n) is 2.76. The van der Waals surface area contributed by atoms with Crippen molar-refractivity contribution in [1.82, 2.24) is 15.4 Å². The number of hydroxylamine groups is 1. The van der Waals surface area contributed by atoms with Crippen LogP contribution in [0.4, 0.5) is 0 Å². The Kier molecular flexibility index (Phi) is 7.03. The fourth-order valence-corrected chi connectivity index (χ4v) is 2.76. The Morgan fingerprint density at radius 1 is 1.29 bits per heavy atom. The number of ketones is 1. The van der Waals surface area contributed by atoms with E-state index in [1.807, 2.05) is 13.8 Å². The molecular formula is C17H25N3O4. The van der Waals surface area contributed by atoms with Crippen molar-refractivity contribution in [1.29, 1.82) is 0 Å². The highest BCUT2D eigenvalue weighted by molar-refractivity contribution is 5.96. The van der Waals surface area contributed by atoms with Crippen LogP contribution >= 0.6 is 0 Å². The lowest BCUT2D eigenvalue weighted by molar-refractivity contribution is -0.162. The number of likely N-dealkylation sites (N-methyl/N-ethyl adjacent to an activating group) is 1. The molecule has 0 saturated heterocycles. The summed E-state index contributed by atoms with van der Waals surface area (Å²) in [7, 11) is 0. The summed E-state index contributed by atoms with van der Waals surface area (Å²) in [4.78, 5) is 47.2. The van der Waals surface area contributed by atoms with E-state index >= 15 is 0 Å². The number of carbonyl (C=O) groups is 3. The van der Waals surface area contributed by atoms with Crippen molar-refractivity contribution in [3.05, 3.63) is 30.1 Å². The lowest BCUT2D eigenvalue weighted by Crippen LogP contribution is -2.61. The van der Waals surface area contributed by atoms with Crippen LogP contribution < -0.4 is 5.48 Å². The van der Waals surface area contributed by atoms with Crippen LogP contribution in [-0.2, 0) is 19.2 Å². The minimum Gasteiger partial charge on any atom is -0.370 e. The summed E-state index contributed by atoms with van der Waals surface area (Å²) in [5.41, 5.74) is 1.67. The van der Waals surface area contributed by atoms with E-state index in [9.17, 15) is 14.4 Å². The third kappa shape index (κ3) is 4.38. The molecule has 2 atom stereocenters. The number of Topliss-reactive ketones (excluding diaryl/α,β-unsaturated/α-hetero) is 1. The summed E-state index contributed by atoms with van der Waals surface area (Å²) in [6, 6.07) is 3.42. The molecule has 0 aliphatic heterocycles. The van der Waals surface area contributed by atoms with E-state index in [4.69, 9.17) is 4.84 Å². The second-order valence-electron chi connectivity index (χ2n) is 5.71. The van der Waals surface area contributed by atoms with Gasteiger partial charge in [-0.15, -0.1) is 5.48 Å². The van der Waals surface area contributed by atoms with Gasteiger partial charge in [0.15, 0.2) is 0 Å². The van der Waals surface area contributed by atoms with Gasteiger partial charge < -0.3 is 9.74 Å². The smallest absolute Gasteiger partial charge is 0.321 e. The van der Waals surface area contributed by atoms with Gasteiger partial charge in [0.1, 0.15) is 11.3 Å². The van der Waals surface area contributed by atoms with E-state index in [2.05, 4.69) is 10.5 Å². The molecule has 0 spiro atoms. The first-order valence-electron chi connectivity index (χ1n) is 7.92. The van der Waals surface area contributed by atoms with Gasteiger partial charge in [-0.25, -0.2) is 0 Å². The van der Waals surface area contributed by atoms with Gasteiger partial charge in [0.05, 0.1) is 5.92 Å². The third-order valence-electron chi connectivity index (χ3n) is 3.90. The molecule has 0 aliphatic rings. The first-order valence-corrected chi connectivity index (χ1v) is 7.92. The van der Waals surface area contributed by atoms with Gasteiger partial charge in [-0.1, -0.05) is 6.07 Å². The molecule has 1 aromatic heterocycles. The molecule has 7 nitrogen and oxygen atoms in total. The van der Waals surface area contributed by atoms with E-state index in [0.29, 0.717) is 18.7 Å². The topological polar surface area (TPSA) is 88.6 Å². The molecule has 1 rings (SSSR count). The van der Waals surface area contributed by atoms with Crippen molar-refractivity contribution < 1.29 is 19.2 Å². The highest BCUT2D eigenvalue weighted by Crippen LogP contribution is 2.31. The average Bonchev–Trinajstić information content (AvgIpc) is 2.54. The number of aromatic nitrogens is 1. The van der Waals surface area contributed by atoms with Crippen molar-refractivity contribution >= 4 is 17.7 Å². The first-order chi connectivity index (χ1) is 11.3. The number of amides is 1. The molecule has 0 aromatic carbocycles. The van der Waals surface area contributed by atoms with E-state index < -0.39 is 17.4 Å². The Bertz CT molecular complexity index is 587. The monoisotopic (exact) mass is 335 g/mol. The molecule has 132 valence electrons. The Hall–Kier alpha value is -2.28. The van der Waals surface area contributed by atoms with Crippen molar-refractivity contribution in [2.24, 2.45) is 0 Å². The molecule has 24 heavy (non-hydrogen) atoms. The Labute approximate surface area is 142 Å². The highest BCUT2D eigenvalue weighted by atomic mass is 16.7. The van der Waals surface area contributed by atoms with Crippen molar-refractivity contribution in [3.8, 4) is 0 Å². The number of hydrogen-bond donors (Lipinski definition) is 1. The molecule has 0 fully saturated rings. The molecule has 0 saturated carbocycles. The van der Waals surface area contributed by atoms with Crippen LogP contribution in [0.25, 0.3) is 0 Å². The minimum absolute atomic E-state index is 0.231. The Morgan fingerprint density at radius 2 is 1.92 bits per heavy atom. The molecule has 0 aliphatic carbocycles. The summed E-state index contributed by atoms with van der Waals surface area (Å²) in [5.74, 6) is -2.00. The van der Waals surface area contributed by atoms with Crippen molar-refractivity contribution in [3.63, 3.8) is 0 Å². The molecule has 7 heteroatoms. The number of nitrogens with one attached hydrogen (secondary N) is 1. The lowest BCUT2D eigenvalue weighted by atomic mass is 9.78. The highest BCUT2D eigenvalue weighted by Gasteiger charge is 2.47. The van der Waals surface area contributed by atoms with Crippen molar-refractivity contribution in [2.45, 2.75) is 46.1 Å². The lowest BCUT2D eigenvalue weighted by Gasteiger charge is -2.38. The zero-order valence-electron chi connectivity index (χ0n) is 14.8. The van der Waals surface area contributed by atoms with Crippen LogP contribution in [0.3, 0.4) is 0 Å². The maximum atomic E-state index is 13.1. The first kappa shape index (κ1) is 19.8. The minimum atomic E-state index is -1.44. The van der Waals surface area contributed by atoms with E-state index in [0.717, 1.165) is 0 Å². The second kappa shape index (κ2) is 8.54. The summed E-state index contributed by atoms with van der Waals surface area (Å²) in [5, 5.41) is 0. The number of nitrogens with zero attached hydrogens (tertiary/aromatic N) is 2. The van der Waals surface area contributed by atoms with Crippen LogP contribution in [0.2, 0.25) is 0 Å². The van der Waals surface area contributed by atoms with Crippen LogP contribution in [0.15, 0.2) is 24.5 Å². The molecular weight excluding hydrogens is 310 g/mol. The van der Waals surface area contributed by atoms with Crippen LogP contribution in [0, 0.1) is 0 Å². The number of hydrogen-bond acceptors (Lipinski definition) is 6. The molecule has 2 unspecified atom stereocenters.